The first-order chi connectivity index (χ1) is 7.20. The van der Waals surface area contributed by atoms with E-state index in [0.29, 0.717) is 12.6 Å². The largest absolute Gasteiger partial charge is 0.340 e. The highest BCUT2D eigenvalue weighted by Crippen LogP contribution is 2.19. The highest BCUT2D eigenvalue weighted by Gasteiger charge is 2.26. The molecule has 0 aromatic carbocycles. The minimum atomic E-state index is 0.0329. The normalized spacial score (nSPS) is 24.7. The van der Waals surface area contributed by atoms with Gasteiger partial charge in [0.2, 0.25) is 5.91 Å². The molecule has 3 heteroatoms. The van der Waals surface area contributed by atoms with E-state index >= 15 is 0 Å². The van der Waals surface area contributed by atoms with Crippen molar-refractivity contribution in [2.24, 2.45) is 11.7 Å². The summed E-state index contributed by atoms with van der Waals surface area (Å²) < 4.78 is 0. The van der Waals surface area contributed by atoms with Crippen molar-refractivity contribution in [3.8, 4) is 0 Å². The van der Waals surface area contributed by atoms with Crippen LogP contribution in [-0.2, 0) is 4.79 Å². The Kier molecular flexibility index (Phi) is 5.09. The Morgan fingerprint density at radius 1 is 1.47 bits per heavy atom. The zero-order valence-electron chi connectivity index (χ0n) is 10.0. The van der Waals surface area contributed by atoms with E-state index in [-0.39, 0.29) is 11.8 Å². The molecule has 2 atom stereocenters. The maximum absolute atomic E-state index is 12.2. The summed E-state index contributed by atoms with van der Waals surface area (Å²) in [6, 6.07) is 0.403. The molecule has 88 valence electrons. The van der Waals surface area contributed by atoms with Gasteiger partial charge in [-0.25, -0.2) is 0 Å². The second-order valence-electron chi connectivity index (χ2n) is 4.57. The number of amides is 1. The number of likely N-dealkylation sites (tertiary alicyclic amines) is 1. The van der Waals surface area contributed by atoms with Crippen molar-refractivity contribution in [2.75, 3.05) is 13.1 Å². The number of hydrogen-bond donors (Lipinski definition) is 1. The van der Waals surface area contributed by atoms with Gasteiger partial charge >= 0.3 is 0 Å². The van der Waals surface area contributed by atoms with Gasteiger partial charge in [-0.15, -0.1) is 0 Å². The Morgan fingerprint density at radius 2 is 2.20 bits per heavy atom. The Bertz CT molecular complexity index is 202. The van der Waals surface area contributed by atoms with E-state index in [1.807, 2.05) is 11.8 Å². The van der Waals surface area contributed by atoms with E-state index in [4.69, 9.17) is 5.73 Å². The average molecular weight is 212 g/mol. The van der Waals surface area contributed by atoms with Crippen LogP contribution in [-0.4, -0.2) is 29.9 Å². The van der Waals surface area contributed by atoms with Gasteiger partial charge in [0.25, 0.3) is 0 Å². The summed E-state index contributed by atoms with van der Waals surface area (Å²) in [5.41, 5.74) is 5.63. The van der Waals surface area contributed by atoms with Gasteiger partial charge in [0, 0.05) is 19.1 Å². The first kappa shape index (κ1) is 12.5. The highest BCUT2D eigenvalue weighted by atomic mass is 16.2. The highest BCUT2D eigenvalue weighted by molar-refractivity contribution is 5.79. The van der Waals surface area contributed by atoms with E-state index in [1.54, 1.807) is 0 Å². The van der Waals surface area contributed by atoms with Crippen LogP contribution in [0.3, 0.4) is 0 Å². The Morgan fingerprint density at radius 3 is 2.80 bits per heavy atom. The fourth-order valence-corrected chi connectivity index (χ4v) is 2.28. The molecule has 15 heavy (non-hydrogen) atoms. The molecule has 1 saturated heterocycles. The van der Waals surface area contributed by atoms with Crippen molar-refractivity contribution in [1.82, 2.24) is 4.90 Å². The van der Waals surface area contributed by atoms with E-state index in [2.05, 4.69) is 6.92 Å². The average Bonchev–Trinajstić information content (AvgIpc) is 2.44. The molecule has 0 aromatic heterocycles. The van der Waals surface area contributed by atoms with Crippen LogP contribution in [0.25, 0.3) is 0 Å². The molecule has 2 unspecified atom stereocenters. The predicted octanol–water partition coefficient (Wildman–Crippen LogP) is 1.76. The monoisotopic (exact) mass is 212 g/mol. The van der Waals surface area contributed by atoms with Gasteiger partial charge in [0.1, 0.15) is 0 Å². The molecule has 1 aliphatic rings. The van der Waals surface area contributed by atoms with Crippen molar-refractivity contribution < 1.29 is 4.79 Å². The van der Waals surface area contributed by atoms with Crippen molar-refractivity contribution in [2.45, 2.75) is 52.0 Å². The molecule has 1 amide bonds. The van der Waals surface area contributed by atoms with Crippen molar-refractivity contribution in [1.29, 1.82) is 0 Å². The first-order valence-corrected chi connectivity index (χ1v) is 6.21. The van der Waals surface area contributed by atoms with Gasteiger partial charge in [-0.05, 0) is 26.2 Å². The van der Waals surface area contributed by atoms with Crippen LogP contribution >= 0.6 is 0 Å². The van der Waals surface area contributed by atoms with Crippen molar-refractivity contribution in [3.63, 3.8) is 0 Å². The molecule has 1 rings (SSSR count). The Labute approximate surface area is 93.0 Å². The quantitative estimate of drug-likeness (QED) is 0.775. The Hall–Kier alpha value is -0.570. The number of carbonyl (C=O) groups is 1. The first-order valence-electron chi connectivity index (χ1n) is 6.21. The molecule has 1 heterocycles. The van der Waals surface area contributed by atoms with Gasteiger partial charge in [-0.1, -0.05) is 19.8 Å². The summed E-state index contributed by atoms with van der Waals surface area (Å²) in [7, 11) is 0. The minimum absolute atomic E-state index is 0.0329. The summed E-state index contributed by atoms with van der Waals surface area (Å²) in [5.74, 6) is 0.306. The lowest BCUT2D eigenvalue weighted by atomic mass is 10.0. The van der Waals surface area contributed by atoms with Gasteiger partial charge < -0.3 is 10.6 Å². The molecule has 2 N–H and O–H groups in total. The van der Waals surface area contributed by atoms with Gasteiger partial charge in [-0.3, -0.25) is 4.79 Å². The standard InChI is InChI=1S/C12H24N2O/c1-3-11(9-13)12(15)14-8-6-4-5-7-10(14)2/h10-11H,3-9,13H2,1-2H3. The fraction of sp³-hybridized carbons (Fsp3) is 0.917. The molecule has 0 aromatic rings. The lowest BCUT2D eigenvalue weighted by Crippen LogP contribution is -2.43. The van der Waals surface area contributed by atoms with Crippen LogP contribution in [0.2, 0.25) is 0 Å². The molecular weight excluding hydrogens is 188 g/mol. The van der Waals surface area contributed by atoms with Gasteiger partial charge in [0.05, 0.1) is 5.92 Å². The van der Waals surface area contributed by atoms with E-state index in [1.165, 1.54) is 12.8 Å². The smallest absolute Gasteiger partial charge is 0.227 e. The van der Waals surface area contributed by atoms with Crippen LogP contribution < -0.4 is 5.73 Å². The fourth-order valence-electron chi connectivity index (χ4n) is 2.28. The second-order valence-corrected chi connectivity index (χ2v) is 4.57. The second kappa shape index (κ2) is 6.11. The lowest BCUT2D eigenvalue weighted by Gasteiger charge is -2.30. The third-order valence-electron chi connectivity index (χ3n) is 3.46. The number of nitrogens with two attached hydrogens (primary N) is 1. The van der Waals surface area contributed by atoms with E-state index < -0.39 is 0 Å². The minimum Gasteiger partial charge on any atom is -0.340 e. The topological polar surface area (TPSA) is 46.3 Å². The molecule has 1 fully saturated rings. The van der Waals surface area contributed by atoms with Crippen LogP contribution in [0.15, 0.2) is 0 Å². The maximum atomic E-state index is 12.2. The number of hydrogen-bond acceptors (Lipinski definition) is 2. The maximum Gasteiger partial charge on any atom is 0.227 e. The summed E-state index contributed by atoms with van der Waals surface area (Å²) in [4.78, 5) is 14.2. The number of rotatable bonds is 3. The summed E-state index contributed by atoms with van der Waals surface area (Å²) in [6.07, 6.45) is 5.67. The third kappa shape index (κ3) is 3.20. The lowest BCUT2D eigenvalue weighted by molar-refractivity contribution is -0.137. The van der Waals surface area contributed by atoms with E-state index in [0.717, 1.165) is 25.8 Å². The zero-order valence-corrected chi connectivity index (χ0v) is 10.0. The molecule has 3 nitrogen and oxygen atoms in total. The number of nitrogens with zero attached hydrogens (tertiary/aromatic N) is 1. The SMILES string of the molecule is CCC(CN)C(=O)N1CCCCCC1C. The summed E-state index contributed by atoms with van der Waals surface area (Å²) in [5, 5.41) is 0. The van der Waals surface area contributed by atoms with Crippen LogP contribution in [0, 0.1) is 5.92 Å². The van der Waals surface area contributed by atoms with E-state index in [9.17, 15) is 4.79 Å². The van der Waals surface area contributed by atoms with Crippen LogP contribution in [0.1, 0.15) is 46.0 Å². The molecule has 0 aliphatic carbocycles. The molecule has 0 saturated carbocycles. The molecule has 1 aliphatic heterocycles. The van der Waals surface area contributed by atoms with Crippen LogP contribution in [0.5, 0.6) is 0 Å². The Balaban J connectivity index is 2.62. The van der Waals surface area contributed by atoms with Crippen LogP contribution in [0.4, 0.5) is 0 Å². The molecule has 0 spiro atoms. The predicted molar refractivity (Wildman–Crippen MR) is 62.5 cm³/mol. The zero-order chi connectivity index (χ0) is 11.3. The summed E-state index contributed by atoms with van der Waals surface area (Å²) in [6.45, 7) is 5.61. The van der Waals surface area contributed by atoms with Gasteiger partial charge in [0.15, 0.2) is 0 Å². The number of carbonyl (C=O) groups excluding carboxylic acids is 1. The van der Waals surface area contributed by atoms with Gasteiger partial charge in [-0.2, -0.15) is 0 Å². The third-order valence-corrected chi connectivity index (χ3v) is 3.46. The van der Waals surface area contributed by atoms with Crippen molar-refractivity contribution in [3.05, 3.63) is 0 Å². The molecule has 0 bridgehead atoms. The summed E-state index contributed by atoms with van der Waals surface area (Å²) >= 11 is 0. The molecule has 0 radical (unpaired) electrons. The van der Waals surface area contributed by atoms with Crippen molar-refractivity contribution >= 4 is 5.91 Å². The molecular formula is C12H24N2O.